The Morgan fingerprint density at radius 1 is 1.00 bits per heavy atom. The lowest BCUT2D eigenvalue weighted by Crippen LogP contribution is -2.15. The van der Waals surface area contributed by atoms with Gasteiger partial charge in [0.1, 0.15) is 6.61 Å². The van der Waals surface area contributed by atoms with Gasteiger partial charge in [0.25, 0.3) is 0 Å². The normalized spacial score (nSPS) is 10.6. The summed E-state index contributed by atoms with van der Waals surface area (Å²) < 4.78 is 10.1. The van der Waals surface area contributed by atoms with Gasteiger partial charge in [0.15, 0.2) is 0 Å². The largest absolute Gasteiger partial charge is 0.478 e. The molecule has 2 aromatic carbocycles. The summed E-state index contributed by atoms with van der Waals surface area (Å²) in [5, 5.41) is 19.1. The zero-order chi connectivity index (χ0) is 15.9. The van der Waals surface area contributed by atoms with E-state index in [0.717, 1.165) is 5.39 Å². The Balaban J connectivity index is 2.25. The molecule has 0 amide bonds. The van der Waals surface area contributed by atoms with Crippen LogP contribution in [-0.2, 0) is 9.47 Å². The van der Waals surface area contributed by atoms with E-state index >= 15 is 0 Å². The number of benzene rings is 2. The molecule has 2 aromatic rings. The zero-order valence-electron chi connectivity index (χ0n) is 11.8. The first kappa shape index (κ1) is 15.9. The van der Waals surface area contributed by atoms with Crippen molar-refractivity contribution < 1.29 is 29.3 Å². The van der Waals surface area contributed by atoms with Gasteiger partial charge in [-0.3, -0.25) is 0 Å². The number of fused-ring (bicyclic) bond motifs is 1. The molecule has 0 fully saturated rings. The molecule has 0 unspecified atom stereocenters. The van der Waals surface area contributed by atoms with Crippen molar-refractivity contribution in [2.45, 2.75) is 0 Å². The number of hydrogen-bond donors (Lipinski definition) is 2. The van der Waals surface area contributed by atoms with E-state index in [0.29, 0.717) is 5.39 Å². The van der Waals surface area contributed by atoms with Crippen LogP contribution in [0, 0.1) is 0 Å². The van der Waals surface area contributed by atoms with E-state index in [1.54, 1.807) is 30.3 Å². The minimum atomic E-state index is -1.19. The molecule has 22 heavy (non-hydrogen) atoms. The zero-order valence-corrected chi connectivity index (χ0v) is 11.8. The molecule has 0 atom stereocenters. The standard InChI is InChI=1S/C16H16O6/c17-7-8-21-9-10-22-16(20)14-12-4-2-1-3-11(12)5-6-13(14)15(18)19/h1-6,17H,7-10H2,(H,18,19). The van der Waals surface area contributed by atoms with Crippen molar-refractivity contribution in [1.29, 1.82) is 0 Å². The highest BCUT2D eigenvalue weighted by atomic mass is 16.6. The van der Waals surface area contributed by atoms with Crippen LogP contribution in [0.5, 0.6) is 0 Å². The second kappa shape index (κ2) is 7.53. The van der Waals surface area contributed by atoms with E-state index in [4.69, 9.17) is 14.6 Å². The lowest BCUT2D eigenvalue weighted by Gasteiger charge is -2.10. The minimum absolute atomic E-state index is 0.0128. The van der Waals surface area contributed by atoms with Crippen LogP contribution in [0.25, 0.3) is 10.8 Å². The van der Waals surface area contributed by atoms with E-state index in [1.165, 1.54) is 6.07 Å². The van der Waals surface area contributed by atoms with Gasteiger partial charge in [-0.25, -0.2) is 9.59 Å². The number of hydrogen-bond acceptors (Lipinski definition) is 5. The number of carboxylic acid groups (broad SMARTS) is 1. The number of rotatable bonds is 7. The summed E-state index contributed by atoms with van der Waals surface area (Å²) in [6, 6.07) is 10.1. The van der Waals surface area contributed by atoms with Gasteiger partial charge < -0.3 is 19.7 Å². The fraction of sp³-hybridized carbons (Fsp3) is 0.250. The number of carbonyl (C=O) groups excluding carboxylic acids is 1. The molecule has 0 saturated carbocycles. The molecule has 0 heterocycles. The summed E-state index contributed by atoms with van der Waals surface area (Å²) in [5.41, 5.74) is -0.0623. The molecule has 0 spiro atoms. The summed E-state index contributed by atoms with van der Waals surface area (Å²) in [6.07, 6.45) is 0. The maximum atomic E-state index is 12.2. The van der Waals surface area contributed by atoms with Crippen molar-refractivity contribution in [3.05, 3.63) is 47.5 Å². The average Bonchev–Trinajstić information content (AvgIpc) is 2.53. The van der Waals surface area contributed by atoms with Crippen molar-refractivity contribution in [1.82, 2.24) is 0 Å². The van der Waals surface area contributed by atoms with Crippen molar-refractivity contribution in [2.24, 2.45) is 0 Å². The molecule has 0 radical (unpaired) electrons. The lowest BCUT2D eigenvalue weighted by molar-refractivity contribution is 0.0256. The minimum Gasteiger partial charge on any atom is -0.478 e. The molecule has 116 valence electrons. The van der Waals surface area contributed by atoms with Gasteiger partial charge in [-0.2, -0.15) is 0 Å². The molecule has 2 N–H and O–H groups in total. The Labute approximate surface area is 126 Å². The van der Waals surface area contributed by atoms with Crippen LogP contribution in [0.4, 0.5) is 0 Å². The third-order valence-electron chi connectivity index (χ3n) is 3.06. The number of carboxylic acids is 1. The van der Waals surface area contributed by atoms with Crippen LogP contribution in [0.15, 0.2) is 36.4 Å². The van der Waals surface area contributed by atoms with Crippen LogP contribution >= 0.6 is 0 Å². The molecule has 6 nitrogen and oxygen atoms in total. The van der Waals surface area contributed by atoms with Gasteiger partial charge >= 0.3 is 11.9 Å². The van der Waals surface area contributed by atoms with Crippen LogP contribution in [0.2, 0.25) is 0 Å². The third kappa shape index (κ3) is 3.60. The Hall–Kier alpha value is -2.44. The fourth-order valence-corrected chi connectivity index (χ4v) is 2.10. The van der Waals surface area contributed by atoms with E-state index in [9.17, 15) is 14.7 Å². The smallest absolute Gasteiger partial charge is 0.339 e. The average molecular weight is 304 g/mol. The van der Waals surface area contributed by atoms with E-state index in [1.807, 2.05) is 0 Å². The molecule has 0 aliphatic carbocycles. The highest BCUT2D eigenvalue weighted by Gasteiger charge is 2.20. The fourth-order valence-electron chi connectivity index (χ4n) is 2.10. The summed E-state index contributed by atoms with van der Waals surface area (Å²) in [5.74, 6) is -1.89. The number of esters is 1. The molecular formula is C16H16O6. The number of aliphatic hydroxyl groups excluding tert-OH is 1. The van der Waals surface area contributed by atoms with Crippen molar-refractivity contribution >= 4 is 22.7 Å². The van der Waals surface area contributed by atoms with E-state index in [-0.39, 0.29) is 37.6 Å². The van der Waals surface area contributed by atoms with Gasteiger partial charge in [-0.15, -0.1) is 0 Å². The highest BCUT2D eigenvalue weighted by molar-refractivity contribution is 6.12. The number of aliphatic hydroxyl groups is 1. The molecule has 0 aliphatic rings. The Morgan fingerprint density at radius 3 is 2.50 bits per heavy atom. The summed E-state index contributed by atoms with van der Waals surface area (Å²) in [6.45, 7) is 0.174. The molecule has 0 saturated heterocycles. The molecule has 0 aliphatic heterocycles. The van der Waals surface area contributed by atoms with Crippen LogP contribution < -0.4 is 0 Å². The first-order valence-corrected chi connectivity index (χ1v) is 6.76. The predicted molar refractivity (Wildman–Crippen MR) is 79.1 cm³/mol. The topological polar surface area (TPSA) is 93.1 Å². The van der Waals surface area contributed by atoms with Crippen LogP contribution in [0.1, 0.15) is 20.7 Å². The first-order valence-electron chi connectivity index (χ1n) is 6.76. The van der Waals surface area contributed by atoms with Crippen molar-refractivity contribution in [3.8, 4) is 0 Å². The SMILES string of the molecule is O=C(O)c1ccc2ccccc2c1C(=O)OCCOCCO. The molecule has 0 aromatic heterocycles. The van der Waals surface area contributed by atoms with E-state index < -0.39 is 11.9 Å². The number of aromatic carboxylic acids is 1. The maximum absolute atomic E-state index is 12.2. The predicted octanol–water partition coefficient (Wildman–Crippen LogP) is 1.70. The summed E-state index contributed by atoms with van der Waals surface area (Å²) >= 11 is 0. The first-order chi connectivity index (χ1) is 10.6. The molecule has 0 bridgehead atoms. The Kier molecular flexibility index (Phi) is 5.46. The van der Waals surface area contributed by atoms with Gasteiger partial charge in [0.2, 0.25) is 0 Å². The Bertz CT molecular complexity index is 679. The monoisotopic (exact) mass is 304 g/mol. The summed E-state index contributed by atoms with van der Waals surface area (Å²) in [4.78, 5) is 23.6. The van der Waals surface area contributed by atoms with Crippen molar-refractivity contribution in [3.63, 3.8) is 0 Å². The quantitative estimate of drug-likeness (QED) is 0.597. The third-order valence-corrected chi connectivity index (χ3v) is 3.06. The highest BCUT2D eigenvalue weighted by Crippen LogP contribution is 2.23. The van der Waals surface area contributed by atoms with Gasteiger partial charge in [0, 0.05) is 0 Å². The Morgan fingerprint density at radius 2 is 1.77 bits per heavy atom. The lowest BCUT2D eigenvalue weighted by atomic mass is 9.99. The molecule has 6 heteroatoms. The molecule has 2 rings (SSSR count). The van der Waals surface area contributed by atoms with Gasteiger partial charge in [0.05, 0.1) is 30.9 Å². The van der Waals surface area contributed by atoms with Crippen LogP contribution in [-0.4, -0.2) is 48.6 Å². The van der Waals surface area contributed by atoms with Crippen LogP contribution in [0.3, 0.4) is 0 Å². The second-order valence-corrected chi connectivity index (χ2v) is 4.49. The van der Waals surface area contributed by atoms with Crippen molar-refractivity contribution in [2.75, 3.05) is 26.4 Å². The van der Waals surface area contributed by atoms with E-state index in [2.05, 4.69) is 0 Å². The van der Waals surface area contributed by atoms with Gasteiger partial charge in [-0.05, 0) is 16.8 Å². The number of carbonyl (C=O) groups is 2. The summed E-state index contributed by atoms with van der Waals surface area (Å²) in [7, 11) is 0. The second-order valence-electron chi connectivity index (χ2n) is 4.49. The maximum Gasteiger partial charge on any atom is 0.339 e. The van der Waals surface area contributed by atoms with Gasteiger partial charge in [-0.1, -0.05) is 30.3 Å². The molecular weight excluding hydrogens is 288 g/mol. The number of ether oxygens (including phenoxy) is 2.